The quantitative estimate of drug-likeness (QED) is 0.531. The molecular weight excluding hydrogens is 516 g/mol. The van der Waals surface area contributed by atoms with Gasteiger partial charge < -0.3 is 20.3 Å². The molecule has 1 saturated carbocycles. The Labute approximate surface area is 235 Å². The Kier molecular flexibility index (Phi) is 9.64. The second kappa shape index (κ2) is 13.1. The van der Waals surface area contributed by atoms with Gasteiger partial charge in [0, 0.05) is 37.1 Å². The van der Waals surface area contributed by atoms with Crippen molar-refractivity contribution in [1.82, 2.24) is 20.9 Å². The predicted octanol–water partition coefficient (Wildman–Crippen LogP) is 3.34. The highest BCUT2D eigenvalue weighted by molar-refractivity contribution is 6.30. The smallest absolute Gasteiger partial charge is 0.243 e. The van der Waals surface area contributed by atoms with Gasteiger partial charge in [-0.2, -0.15) is 0 Å². The van der Waals surface area contributed by atoms with Gasteiger partial charge in [-0.1, -0.05) is 66.9 Å². The molecule has 2 aromatic carbocycles. The van der Waals surface area contributed by atoms with Crippen LogP contribution in [0.2, 0.25) is 5.02 Å². The number of carbonyl (C=O) groups excluding carboxylic acids is 3. The molecule has 208 valence electrons. The number of carbonyl (C=O) groups is 3. The fourth-order valence-corrected chi connectivity index (χ4v) is 5.42. The highest BCUT2D eigenvalue weighted by atomic mass is 35.5. The van der Waals surface area contributed by atoms with Crippen LogP contribution in [0.4, 0.5) is 0 Å². The number of likely N-dealkylation sites (N-methyl/N-ethyl adjacent to an activating group) is 1. The van der Waals surface area contributed by atoms with Crippen LogP contribution in [0.5, 0.6) is 5.75 Å². The molecule has 0 unspecified atom stereocenters. The van der Waals surface area contributed by atoms with Crippen LogP contribution in [0, 0.1) is 0 Å². The molecule has 1 aliphatic heterocycles. The van der Waals surface area contributed by atoms with Crippen molar-refractivity contribution in [3.05, 3.63) is 70.8 Å². The van der Waals surface area contributed by atoms with Crippen molar-refractivity contribution in [3.63, 3.8) is 0 Å². The van der Waals surface area contributed by atoms with E-state index in [1.807, 2.05) is 48.6 Å². The summed E-state index contributed by atoms with van der Waals surface area (Å²) in [4.78, 5) is 41.8. The average Bonchev–Trinajstić information content (AvgIpc) is 3.42. The van der Waals surface area contributed by atoms with Gasteiger partial charge in [-0.05, 0) is 43.5 Å². The maximum atomic E-state index is 13.7. The van der Waals surface area contributed by atoms with Crippen LogP contribution in [0.15, 0.2) is 54.6 Å². The highest BCUT2D eigenvalue weighted by Gasteiger charge is 2.44. The van der Waals surface area contributed by atoms with Crippen molar-refractivity contribution in [1.29, 1.82) is 0 Å². The molecule has 3 amide bonds. The molecule has 39 heavy (non-hydrogen) atoms. The van der Waals surface area contributed by atoms with E-state index in [4.69, 9.17) is 16.3 Å². The van der Waals surface area contributed by atoms with Crippen molar-refractivity contribution in [2.45, 2.75) is 56.7 Å². The van der Waals surface area contributed by atoms with E-state index in [1.54, 1.807) is 26.1 Å². The number of halogens is 1. The minimum Gasteiger partial charge on any atom is -0.492 e. The molecule has 0 bridgehead atoms. The lowest BCUT2D eigenvalue weighted by Gasteiger charge is -2.36. The lowest BCUT2D eigenvalue weighted by molar-refractivity contribution is -0.144. The summed E-state index contributed by atoms with van der Waals surface area (Å²) in [6, 6.07) is 13.3. The molecule has 4 rings (SSSR count). The molecule has 2 aliphatic rings. The minimum atomic E-state index is -0.844. The first-order valence-corrected chi connectivity index (χ1v) is 13.9. The summed E-state index contributed by atoms with van der Waals surface area (Å²) in [6.45, 7) is 2.84. The fraction of sp³-hybridized carbons (Fsp3) is 0.433. The zero-order chi connectivity index (χ0) is 27.8. The van der Waals surface area contributed by atoms with Gasteiger partial charge in [0.15, 0.2) is 0 Å². The first kappa shape index (κ1) is 28.6. The second-order valence-corrected chi connectivity index (χ2v) is 10.7. The van der Waals surface area contributed by atoms with Crippen LogP contribution >= 0.6 is 11.6 Å². The van der Waals surface area contributed by atoms with Gasteiger partial charge in [-0.15, -0.1) is 0 Å². The zero-order valence-corrected chi connectivity index (χ0v) is 23.3. The Bertz CT molecular complexity index is 1210. The topological polar surface area (TPSA) is 99.8 Å². The third kappa shape index (κ3) is 7.19. The Morgan fingerprint density at radius 1 is 1.05 bits per heavy atom. The normalized spacial score (nSPS) is 23.7. The molecule has 1 fully saturated rings. The van der Waals surface area contributed by atoms with Gasteiger partial charge in [0.05, 0.1) is 5.54 Å². The molecule has 0 saturated heterocycles. The number of hydrogen-bond acceptors (Lipinski definition) is 5. The number of hydrogen-bond donors (Lipinski definition) is 3. The number of para-hydroxylation sites is 1. The van der Waals surface area contributed by atoms with Crippen molar-refractivity contribution in [2.24, 2.45) is 0 Å². The van der Waals surface area contributed by atoms with E-state index in [9.17, 15) is 14.4 Å². The van der Waals surface area contributed by atoms with E-state index in [0.717, 1.165) is 29.7 Å². The van der Waals surface area contributed by atoms with Crippen molar-refractivity contribution in [2.75, 3.05) is 26.7 Å². The Morgan fingerprint density at radius 3 is 2.59 bits per heavy atom. The van der Waals surface area contributed by atoms with Crippen LogP contribution in [0.25, 0.3) is 6.08 Å². The fourth-order valence-electron chi connectivity index (χ4n) is 5.20. The third-order valence-electron chi connectivity index (χ3n) is 7.54. The van der Waals surface area contributed by atoms with Gasteiger partial charge in [0.2, 0.25) is 17.7 Å². The van der Waals surface area contributed by atoms with Gasteiger partial charge in [-0.25, -0.2) is 0 Å². The first-order valence-electron chi connectivity index (χ1n) is 13.5. The lowest BCUT2D eigenvalue weighted by Crippen LogP contribution is -2.61. The summed E-state index contributed by atoms with van der Waals surface area (Å²) in [7, 11) is 1.65. The van der Waals surface area contributed by atoms with Gasteiger partial charge >= 0.3 is 0 Å². The van der Waals surface area contributed by atoms with Gasteiger partial charge in [-0.3, -0.25) is 19.7 Å². The van der Waals surface area contributed by atoms with Crippen LogP contribution in [0.1, 0.15) is 43.7 Å². The van der Waals surface area contributed by atoms with Crippen LogP contribution < -0.4 is 20.7 Å². The predicted molar refractivity (Wildman–Crippen MR) is 153 cm³/mol. The number of nitrogens with one attached hydrogen (secondary N) is 3. The van der Waals surface area contributed by atoms with Crippen LogP contribution in [-0.2, 0) is 20.8 Å². The SMILES string of the molecule is C[C@H]1C(=O)N[C@@H](Cc2cccc(Cl)c2)C(=O)NC/C=C/c2ccccc2OCCNC2(CCCC2)C(=O)N1C. The van der Waals surface area contributed by atoms with Crippen LogP contribution in [0.3, 0.4) is 0 Å². The number of nitrogens with zero attached hydrogens (tertiary/aromatic N) is 1. The summed E-state index contributed by atoms with van der Waals surface area (Å²) in [5.41, 5.74) is 0.962. The zero-order valence-electron chi connectivity index (χ0n) is 22.5. The molecule has 8 nitrogen and oxygen atoms in total. The summed E-state index contributed by atoms with van der Waals surface area (Å²) in [5.74, 6) is -0.113. The molecule has 2 atom stereocenters. The molecule has 0 radical (unpaired) electrons. The van der Waals surface area contributed by atoms with E-state index in [2.05, 4.69) is 16.0 Å². The van der Waals surface area contributed by atoms with Gasteiger partial charge in [0.1, 0.15) is 24.4 Å². The second-order valence-electron chi connectivity index (χ2n) is 10.2. The third-order valence-corrected chi connectivity index (χ3v) is 7.78. The highest BCUT2D eigenvalue weighted by Crippen LogP contribution is 2.32. The van der Waals surface area contributed by atoms with E-state index in [-0.39, 0.29) is 24.8 Å². The first-order chi connectivity index (χ1) is 18.8. The standard InChI is InChI=1S/C30H37ClN4O4/c1-21-27(36)34-25(20-22-9-7-12-24(31)19-22)28(37)32-16-8-11-23-10-3-4-13-26(23)39-18-17-33-30(14-5-6-15-30)29(38)35(21)2/h3-4,7-13,19,21,25,33H,5-6,14-18,20H2,1-2H3,(H,32,37)(H,34,36)/b11-8+/t21-,25-/m0/s1. The summed E-state index contributed by atoms with van der Waals surface area (Å²) in [5, 5.41) is 9.78. The Hall–Kier alpha value is -3.36. The molecule has 9 heteroatoms. The minimum absolute atomic E-state index is 0.122. The number of rotatable bonds is 2. The van der Waals surface area contributed by atoms with Crippen molar-refractivity contribution < 1.29 is 19.1 Å². The number of amides is 3. The Balaban J connectivity index is 1.61. The molecule has 0 aromatic heterocycles. The Morgan fingerprint density at radius 2 is 1.82 bits per heavy atom. The van der Waals surface area contributed by atoms with E-state index >= 15 is 0 Å². The lowest BCUT2D eigenvalue weighted by atomic mass is 9.94. The molecule has 1 aliphatic carbocycles. The van der Waals surface area contributed by atoms with E-state index in [0.29, 0.717) is 31.0 Å². The largest absolute Gasteiger partial charge is 0.492 e. The molecule has 1 spiro atoms. The monoisotopic (exact) mass is 552 g/mol. The maximum Gasteiger partial charge on any atom is 0.243 e. The van der Waals surface area contributed by atoms with Crippen LogP contribution in [-0.4, -0.2) is 67.0 Å². The summed E-state index contributed by atoms with van der Waals surface area (Å²) < 4.78 is 6.05. The number of ether oxygens (including phenoxy) is 1. The number of fused-ring (bicyclic) bond motifs is 1. The molecule has 3 N–H and O–H groups in total. The summed E-state index contributed by atoms with van der Waals surface area (Å²) >= 11 is 6.16. The summed E-state index contributed by atoms with van der Waals surface area (Å²) in [6.07, 6.45) is 7.27. The molecular formula is C30H37ClN4O4. The number of benzene rings is 2. The van der Waals surface area contributed by atoms with Crippen molar-refractivity contribution >= 4 is 35.4 Å². The maximum absolute atomic E-state index is 13.7. The average molecular weight is 553 g/mol. The van der Waals surface area contributed by atoms with E-state index < -0.39 is 23.5 Å². The van der Waals surface area contributed by atoms with E-state index in [1.165, 1.54) is 4.90 Å². The van der Waals surface area contributed by atoms with Gasteiger partial charge in [0.25, 0.3) is 0 Å². The molecule has 1 heterocycles. The van der Waals surface area contributed by atoms with Crippen molar-refractivity contribution in [3.8, 4) is 5.75 Å². The molecule has 2 aromatic rings.